The molecule has 1 unspecified atom stereocenters. The molecule has 1 heterocycles. The van der Waals surface area contributed by atoms with E-state index in [-0.39, 0.29) is 6.61 Å². The van der Waals surface area contributed by atoms with Crippen LogP contribution in [-0.2, 0) is 16.1 Å². The number of carbonyl (C=O) groups excluding carboxylic acids is 1. The largest absolute Gasteiger partial charge is 0.362 e. The molecule has 1 aromatic heterocycles. The van der Waals surface area contributed by atoms with Crippen molar-refractivity contribution in [3.63, 3.8) is 0 Å². The molecule has 0 bridgehead atoms. The quantitative estimate of drug-likeness (QED) is 0.371. The van der Waals surface area contributed by atoms with Crippen LogP contribution in [0, 0.1) is 0 Å². The summed E-state index contributed by atoms with van der Waals surface area (Å²) in [6.07, 6.45) is -0.462. The van der Waals surface area contributed by atoms with E-state index in [0.29, 0.717) is 17.4 Å². The van der Waals surface area contributed by atoms with Gasteiger partial charge in [0.25, 0.3) is 5.91 Å². The Balaban J connectivity index is 1.85. The molecule has 0 fully saturated rings. The number of ether oxygens (including phenoxy) is 1. The molecule has 3 aromatic rings. The van der Waals surface area contributed by atoms with Crippen molar-refractivity contribution in [3.05, 3.63) is 65.2 Å². The fraction of sp³-hybridized carbons (Fsp3) is 0.176. The van der Waals surface area contributed by atoms with Crippen molar-refractivity contribution >= 4 is 17.5 Å². The fourth-order valence-electron chi connectivity index (χ4n) is 2.43. The summed E-state index contributed by atoms with van der Waals surface area (Å²) in [5.74, 6) is 5.30. The number of hydrazine groups is 1. The molecule has 0 spiro atoms. The third-order valence-corrected chi connectivity index (χ3v) is 3.97. The lowest BCUT2D eigenvalue weighted by Crippen LogP contribution is -2.34. The minimum Gasteiger partial charge on any atom is -0.362 e. The van der Waals surface area contributed by atoms with Gasteiger partial charge in [-0.15, -0.1) is 5.10 Å². The third-order valence-electron chi connectivity index (χ3n) is 3.72. The van der Waals surface area contributed by atoms with Gasteiger partial charge in [0, 0.05) is 10.6 Å². The highest BCUT2D eigenvalue weighted by atomic mass is 35.5. The summed E-state index contributed by atoms with van der Waals surface area (Å²) >= 11 is 5.96. The Morgan fingerprint density at radius 2 is 1.92 bits per heavy atom. The van der Waals surface area contributed by atoms with E-state index in [9.17, 15) is 4.79 Å². The summed E-state index contributed by atoms with van der Waals surface area (Å²) in [5, 5.41) is 12.5. The number of tetrazole rings is 1. The molecule has 134 valence electrons. The van der Waals surface area contributed by atoms with Crippen LogP contribution >= 0.6 is 11.6 Å². The van der Waals surface area contributed by atoms with E-state index in [1.807, 2.05) is 47.9 Å². The van der Waals surface area contributed by atoms with Gasteiger partial charge in [-0.25, -0.2) is 10.5 Å². The summed E-state index contributed by atoms with van der Waals surface area (Å²) in [5.41, 5.74) is 3.77. The number of benzene rings is 2. The first-order valence-electron chi connectivity index (χ1n) is 7.85. The van der Waals surface area contributed by atoms with Crippen LogP contribution in [0.2, 0.25) is 5.02 Å². The van der Waals surface area contributed by atoms with E-state index in [4.69, 9.17) is 22.2 Å². The van der Waals surface area contributed by atoms with Crippen molar-refractivity contribution in [2.24, 2.45) is 5.84 Å². The second-order valence-electron chi connectivity index (χ2n) is 5.47. The van der Waals surface area contributed by atoms with Gasteiger partial charge < -0.3 is 4.74 Å². The number of carbonyl (C=O) groups is 1. The summed E-state index contributed by atoms with van der Waals surface area (Å²) in [4.78, 5) is 11.5. The Morgan fingerprint density at radius 1 is 1.19 bits per heavy atom. The van der Waals surface area contributed by atoms with Crippen molar-refractivity contribution in [1.29, 1.82) is 0 Å². The molecule has 3 rings (SSSR count). The van der Waals surface area contributed by atoms with Crippen LogP contribution in [0.25, 0.3) is 11.4 Å². The van der Waals surface area contributed by atoms with E-state index < -0.39 is 12.0 Å². The molecular weight excluding hydrogens is 356 g/mol. The molecule has 2 aromatic carbocycles. The van der Waals surface area contributed by atoms with Crippen LogP contribution in [0.15, 0.2) is 54.6 Å². The zero-order valence-electron chi connectivity index (χ0n) is 13.7. The van der Waals surface area contributed by atoms with E-state index in [0.717, 1.165) is 11.1 Å². The average molecular weight is 373 g/mol. The van der Waals surface area contributed by atoms with Crippen LogP contribution in [-0.4, -0.2) is 32.7 Å². The number of amides is 1. The summed E-state index contributed by atoms with van der Waals surface area (Å²) < 4.78 is 7.37. The topological polar surface area (TPSA) is 108 Å². The van der Waals surface area contributed by atoms with Gasteiger partial charge in [-0.1, -0.05) is 54.1 Å². The third kappa shape index (κ3) is 4.42. The molecule has 0 radical (unpaired) electrons. The van der Waals surface area contributed by atoms with Crippen LogP contribution in [0.1, 0.15) is 11.7 Å². The van der Waals surface area contributed by atoms with Gasteiger partial charge in [0.1, 0.15) is 12.7 Å². The molecular formula is C17H17ClN6O2. The highest BCUT2D eigenvalue weighted by Gasteiger charge is 2.18. The predicted octanol–water partition coefficient (Wildman–Crippen LogP) is 1.74. The van der Waals surface area contributed by atoms with E-state index >= 15 is 0 Å². The maximum absolute atomic E-state index is 11.5. The van der Waals surface area contributed by atoms with Gasteiger partial charge in [0.2, 0.25) is 0 Å². The van der Waals surface area contributed by atoms with Crippen LogP contribution in [0.4, 0.5) is 0 Å². The molecule has 8 nitrogen and oxygen atoms in total. The number of rotatable bonds is 7. The molecule has 9 heteroatoms. The smallest absolute Gasteiger partial charge is 0.259 e. The van der Waals surface area contributed by atoms with Crippen molar-refractivity contribution in [2.75, 3.05) is 6.61 Å². The highest BCUT2D eigenvalue weighted by molar-refractivity contribution is 6.30. The molecule has 3 N–H and O–H groups in total. The van der Waals surface area contributed by atoms with Gasteiger partial charge in [0.15, 0.2) is 5.82 Å². The second-order valence-corrected chi connectivity index (χ2v) is 5.91. The van der Waals surface area contributed by atoms with E-state index in [1.54, 1.807) is 16.8 Å². The number of nitrogens with zero attached hydrogens (tertiary/aromatic N) is 4. The number of nitrogens with one attached hydrogen (secondary N) is 1. The SMILES string of the molecule is NNC(=O)COC(Cn1nnnc1-c1ccccc1)c1ccc(Cl)cc1. The molecule has 1 atom stereocenters. The van der Waals surface area contributed by atoms with E-state index in [1.165, 1.54) is 0 Å². The van der Waals surface area contributed by atoms with Crippen molar-refractivity contribution in [2.45, 2.75) is 12.6 Å². The Hall–Kier alpha value is -2.81. The van der Waals surface area contributed by atoms with Gasteiger partial charge in [-0.05, 0) is 28.1 Å². The monoisotopic (exact) mass is 372 g/mol. The number of aromatic nitrogens is 4. The molecule has 0 aliphatic carbocycles. The second kappa shape index (κ2) is 8.52. The molecule has 26 heavy (non-hydrogen) atoms. The van der Waals surface area contributed by atoms with Crippen LogP contribution < -0.4 is 11.3 Å². The standard InChI is InChI=1S/C17H17ClN6O2/c18-14-8-6-12(7-9-14)15(26-11-16(25)20-19)10-24-17(21-22-23-24)13-4-2-1-3-5-13/h1-9,15H,10-11,19H2,(H,20,25). The molecule has 1 amide bonds. The molecule has 0 saturated heterocycles. The number of hydrogen-bond acceptors (Lipinski definition) is 6. The summed E-state index contributed by atoms with van der Waals surface area (Å²) in [7, 11) is 0. The zero-order chi connectivity index (χ0) is 18.4. The highest BCUT2D eigenvalue weighted by Crippen LogP contribution is 2.24. The lowest BCUT2D eigenvalue weighted by atomic mass is 10.1. The van der Waals surface area contributed by atoms with Gasteiger partial charge in [0.05, 0.1) is 6.54 Å². The summed E-state index contributed by atoms with van der Waals surface area (Å²) in [6.45, 7) is 0.128. The molecule has 0 aliphatic rings. The average Bonchev–Trinajstić information content (AvgIpc) is 3.14. The Kier molecular flexibility index (Phi) is 5.90. The maximum Gasteiger partial charge on any atom is 0.259 e. The minimum absolute atomic E-state index is 0.188. The Morgan fingerprint density at radius 3 is 2.62 bits per heavy atom. The van der Waals surface area contributed by atoms with Crippen molar-refractivity contribution < 1.29 is 9.53 Å². The van der Waals surface area contributed by atoms with Gasteiger partial charge in [-0.3, -0.25) is 10.2 Å². The predicted molar refractivity (Wildman–Crippen MR) is 95.7 cm³/mol. The maximum atomic E-state index is 11.5. The Bertz CT molecular complexity index is 853. The zero-order valence-corrected chi connectivity index (χ0v) is 14.5. The minimum atomic E-state index is -0.462. The van der Waals surface area contributed by atoms with Crippen molar-refractivity contribution in [1.82, 2.24) is 25.6 Å². The van der Waals surface area contributed by atoms with E-state index in [2.05, 4.69) is 15.5 Å². The number of halogens is 1. The van der Waals surface area contributed by atoms with Crippen LogP contribution in [0.3, 0.4) is 0 Å². The lowest BCUT2D eigenvalue weighted by Gasteiger charge is -2.18. The first kappa shape index (κ1) is 18.0. The normalized spacial score (nSPS) is 11.9. The molecule has 0 saturated carbocycles. The van der Waals surface area contributed by atoms with Gasteiger partial charge >= 0.3 is 0 Å². The summed E-state index contributed by atoms with van der Waals surface area (Å²) in [6, 6.07) is 16.8. The van der Waals surface area contributed by atoms with Crippen molar-refractivity contribution in [3.8, 4) is 11.4 Å². The fourth-order valence-corrected chi connectivity index (χ4v) is 2.55. The number of nitrogens with two attached hydrogens (primary N) is 1. The first-order valence-corrected chi connectivity index (χ1v) is 8.23. The first-order chi connectivity index (χ1) is 12.7. The van der Waals surface area contributed by atoms with Crippen LogP contribution in [0.5, 0.6) is 0 Å². The Labute approximate surface area is 154 Å². The number of hydrogen-bond donors (Lipinski definition) is 2. The lowest BCUT2D eigenvalue weighted by molar-refractivity contribution is -0.128. The molecule has 0 aliphatic heterocycles. The van der Waals surface area contributed by atoms with Gasteiger partial charge in [-0.2, -0.15) is 0 Å².